The Labute approximate surface area is 156 Å². The van der Waals surface area contributed by atoms with Crippen LogP contribution in [0.2, 0.25) is 0 Å². The Hall–Kier alpha value is -1.47. The van der Waals surface area contributed by atoms with E-state index in [-0.39, 0.29) is 24.8 Å². The number of carboxylic acid groups (broad SMARTS) is 2. The van der Waals surface area contributed by atoms with E-state index in [9.17, 15) is 33.0 Å². The molecular formula is C17H15Cl2F3O4. The standard InChI is InChI=1S/C17H15Cl2F3O4/c18-16(19)6-10-5-11(13(23)24)12(14(25)26)7-15(10,16)8-2-1-3-9(4-8)17(20,21)22/h1-4,10-12H,5-7H2,(H,23,24)(H,25,26)/t10?,11-,12-,15+/m0/s1. The van der Waals surface area contributed by atoms with Crippen LogP contribution < -0.4 is 0 Å². The van der Waals surface area contributed by atoms with E-state index in [0.717, 1.165) is 12.1 Å². The fourth-order valence-electron chi connectivity index (χ4n) is 4.46. The molecule has 4 nitrogen and oxygen atoms in total. The second-order valence-corrected chi connectivity index (χ2v) is 8.47. The lowest BCUT2D eigenvalue weighted by Crippen LogP contribution is -2.65. The molecule has 0 spiro atoms. The Balaban J connectivity index is 2.10. The molecule has 1 aromatic carbocycles. The van der Waals surface area contributed by atoms with Crippen LogP contribution in [0.25, 0.3) is 0 Å². The molecule has 0 bridgehead atoms. The van der Waals surface area contributed by atoms with Crippen LogP contribution in [0.5, 0.6) is 0 Å². The number of rotatable bonds is 3. The minimum Gasteiger partial charge on any atom is -0.481 e. The molecule has 0 aromatic heterocycles. The molecule has 9 heteroatoms. The predicted octanol–water partition coefficient (Wildman–Crippen LogP) is 4.33. The molecule has 2 saturated carbocycles. The van der Waals surface area contributed by atoms with Crippen LogP contribution in [-0.4, -0.2) is 26.5 Å². The van der Waals surface area contributed by atoms with Crippen LogP contribution in [-0.2, 0) is 21.2 Å². The second kappa shape index (κ2) is 6.02. The van der Waals surface area contributed by atoms with Crippen LogP contribution in [0.3, 0.4) is 0 Å². The number of halogens is 5. The van der Waals surface area contributed by atoms with Crippen molar-refractivity contribution < 1.29 is 33.0 Å². The highest BCUT2D eigenvalue weighted by molar-refractivity contribution is 6.50. The molecule has 1 unspecified atom stereocenters. The number of carbonyl (C=O) groups is 2. The van der Waals surface area contributed by atoms with Crippen molar-refractivity contribution in [2.75, 3.05) is 0 Å². The summed E-state index contributed by atoms with van der Waals surface area (Å²) in [5.74, 6) is -5.37. The van der Waals surface area contributed by atoms with E-state index in [1.54, 1.807) is 0 Å². The number of benzene rings is 1. The Morgan fingerprint density at radius 3 is 2.19 bits per heavy atom. The molecule has 0 aliphatic heterocycles. The zero-order valence-corrected chi connectivity index (χ0v) is 14.8. The summed E-state index contributed by atoms with van der Waals surface area (Å²) in [7, 11) is 0. The van der Waals surface area contributed by atoms with E-state index in [2.05, 4.69) is 0 Å². The molecule has 142 valence electrons. The molecule has 3 rings (SSSR count). The maximum Gasteiger partial charge on any atom is 0.416 e. The Morgan fingerprint density at radius 2 is 1.69 bits per heavy atom. The molecule has 26 heavy (non-hydrogen) atoms. The lowest BCUT2D eigenvalue weighted by molar-refractivity contribution is -0.162. The number of aliphatic carboxylic acids is 2. The van der Waals surface area contributed by atoms with Crippen LogP contribution >= 0.6 is 23.2 Å². The van der Waals surface area contributed by atoms with Crippen LogP contribution in [0, 0.1) is 17.8 Å². The van der Waals surface area contributed by atoms with E-state index in [4.69, 9.17) is 23.2 Å². The van der Waals surface area contributed by atoms with Crippen molar-refractivity contribution in [3.05, 3.63) is 35.4 Å². The lowest BCUT2D eigenvalue weighted by Gasteiger charge is -2.63. The Kier molecular flexibility index (Phi) is 4.47. The van der Waals surface area contributed by atoms with Crippen molar-refractivity contribution in [3.8, 4) is 0 Å². The van der Waals surface area contributed by atoms with Crippen LogP contribution in [0.15, 0.2) is 24.3 Å². The van der Waals surface area contributed by atoms with Crippen molar-refractivity contribution in [1.82, 2.24) is 0 Å². The molecule has 0 radical (unpaired) electrons. The summed E-state index contributed by atoms with van der Waals surface area (Å²) < 4.78 is 37.8. The van der Waals surface area contributed by atoms with Gasteiger partial charge in [0.1, 0.15) is 4.33 Å². The van der Waals surface area contributed by atoms with Gasteiger partial charge in [-0.3, -0.25) is 9.59 Å². The van der Waals surface area contributed by atoms with Crippen molar-refractivity contribution in [1.29, 1.82) is 0 Å². The van der Waals surface area contributed by atoms with Gasteiger partial charge in [0.15, 0.2) is 0 Å². The zero-order chi connectivity index (χ0) is 19.5. The van der Waals surface area contributed by atoms with Gasteiger partial charge < -0.3 is 10.2 Å². The largest absolute Gasteiger partial charge is 0.481 e. The van der Waals surface area contributed by atoms with Crippen molar-refractivity contribution in [2.24, 2.45) is 17.8 Å². The highest BCUT2D eigenvalue weighted by Gasteiger charge is 2.69. The normalized spacial score (nSPS) is 33.0. The molecule has 1 aromatic rings. The average molecular weight is 411 g/mol. The van der Waals surface area contributed by atoms with Gasteiger partial charge in [-0.1, -0.05) is 18.2 Å². The van der Waals surface area contributed by atoms with Gasteiger partial charge in [0.05, 0.1) is 17.4 Å². The summed E-state index contributed by atoms with van der Waals surface area (Å²) in [5.41, 5.74) is -1.91. The zero-order valence-electron chi connectivity index (χ0n) is 13.3. The maximum absolute atomic E-state index is 13.1. The monoisotopic (exact) mass is 410 g/mol. The average Bonchev–Trinajstić information content (AvgIpc) is 2.52. The summed E-state index contributed by atoms with van der Waals surface area (Å²) in [6.45, 7) is 0. The van der Waals surface area contributed by atoms with Crippen LogP contribution in [0.1, 0.15) is 30.4 Å². The first-order valence-electron chi connectivity index (χ1n) is 7.91. The topological polar surface area (TPSA) is 74.6 Å². The number of hydrogen-bond donors (Lipinski definition) is 2. The number of hydrogen-bond acceptors (Lipinski definition) is 2. The SMILES string of the molecule is O=C(O)[C@H]1CC2CC(Cl)(Cl)[C@@]2(c2cccc(C(F)(F)F)c2)C[C@@H]1C(=O)O. The predicted molar refractivity (Wildman–Crippen MR) is 87.2 cm³/mol. The van der Waals surface area contributed by atoms with Gasteiger partial charge in [0.25, 0.3) is 0 Å². The Bertz CT molecular complexity index is 765. The molecule has 2 fully saturated rings. The molecule has 2 aliphatic carbocycles. The third-order valence-electron chi connectivity index (χ3n) is 5.76. The van der Waals surface area contributed by atoms with Gasteiger partial charge in [-0.25, -0.2) is 0 Å². The van der Waals surface area contributed by atoms with Crippen LogP contribution in [0.4, 0.5) is 13.2 Å². The van der Waals surface area contributed by atoms with E-state index >= 15 is 0 Å². The first-order valence-corrected chi connectivity index (χ1v) is 8.67. The fourth-order valence-corrected chi connectivity index (χ4v) is 5.52. The van der Waals surface area contributed by atoms with Gasteiger partial charge in [-0.15, -0.1) is 23.2 Å². The van der Waals surface area contributed by atoms with E-state index in [0.29, 0.717) is 0 Å². The first kappa shape index (κ1) is 19.3. The molecule has 0 saturated heterocycles. The van der Waals surface area contributed by atoms with Gasteiger partial charge in [-0.05, 0) is 36.8 Å². The molecule has 0 heterocycles. The smallest absolute Gasteiger partial charge is 0.416 e. The molecule has 2 aliphatic rings. The van der Waals surface area contributed by atoms with E-state index in [1.807, 2.05) is 0 Å². The van der Waals surface area contributed by atoms with Gasteiger partial charge in [-0.2, -0.15) is 13.2 Å². The minimum absolute atomic E-state index is 0.00371. The molecule has 2 N–H and O–H groups in total. The molecule has 4 atom stereocenters. The molecule has 0 amide bonds. The van der Waals surface area contributed by atoms with Crippen molar-refractivity contribution in [3.63, 3.8) is 0 Å². The van der Waals surface area contributed by atoms with E-state index in [1.165, 1.54) is 12.1 Å². The maximum atomic E-state index is 13.1. The summed E-state index contributed by atoms with van der Waals surface area (Å²) in [5, 5.41) is 18.8. The first-order chi connectivity index (χ1) is 11.9. The Morgan fingerprint density at radius 1 is 1.08 bits per heavy atom. The summed E-state index contributed by atoms with van der Waals surface area (Å²) in [6, 6.07) is 4.52. The van der Waals surface area contributed by atoms with Gasteiger partial charge in [0, 0.05) is 5.41 Å². The quantitative estimate of drug-likeness (QED) is 0.727. The summed E-state index contributed by atoms with van der Waals surface area (Å²) in [6.07, 6.45) is -4.60. The van der Waals surface area contributed by atoms with Crippen molar-refractivity contribution in [2.45, 2.75) is 35.2 Å². The number of alkyl halides is 5. The summed E-state index contributed by atoms with van der Waals surface area (Å²) >= 11 is 12.8. The number of carboxylic acids is 2. The fraction of sp³-hybridized carbons (Fsp3) is 0.529. The second-order valence-electron chi connectivity index (χ2n) is 6.98. The highest BCUT2D eigenvalue weighted by atomic mass is 35.5. The van der Waals surface area contributed by atoms with Gasteiger partial charge in [0.2, 0.25) is 0 Å². The minimum atomic E-state index is -4.57. The third-order valence-corrected chi connectivity index (χ3v) is 6.74. The third kappa shape index (κ3) is 2.76. The number of fused-ring (bicyclic) bond motifs is 1. The summed E-state index contributed by atoms with van der Waals surface area (Å²) in [4.78, 5) is 23.1. The highest BCUT2D eigenvalue weighted by Crippen LogP contribution is 2.69. The van der Waals surface area contributed by atoms with Crippen molar-refractivity contribution >= 4 is 35.1 Å². The lowest BCUT2D eigenvalue weighted by atomic mass is 9.46. The van der Waals surface area contributed by atoms with E-state index < -0.39 is 51.2 Å². The van der Waals surface area contributed by atoms with Gasteiger partial charge >= 0.3 is 18.1 Å². The molecular weight excluding hydrogens is 396 g/mol.